The molecular weight excluding hydrogens is 186 g/mol. The summed E-state index contributed by atoms with van der Waals surface area (Å²) in [5.41, 5.74) is 0. The summed E-state index contributed by atoms with van der Waals surface area (Å²) in [5, 5.41) is 2.43. The van der Waals surface area contributed by atoms with Gasteiger partial charge in [-0.2, -0.15) is 0 Å². The van der Waals surface area contributed by atoms with Crippen molar-refractivity contribution in [3.63, 3.8) is 0 Å². The summed E-state index contributed by atoms with van der Waals surface area (Å²) in [6, 6.07) is -0.350. The maximum Gasteiger partial charge on any atom is 0.396 e. The van der Waals surface area contributed by atoms with Crippen molar-refractivity contribution >= 4 is 11.9 Å². The Morgan fingerprint density at radius 1 is 1.64 bits per heavy atom. The molecule has 0 aliphatic heterocycles. The van der Waals surface area contributed by atoms with Crippen LogP contribution in [0.4, 0.5) is 0 Å². The second-order valence-electron chi connectivity index (χ2n) is 2.66. The van der Waals surface area contributed by atoms with Crippen molar-refractivity contribution in [3.8, 4) is 0 Å². The Kier molecular flexibility index (Phi) is 3.22. The number of hydrogen-bond acceptors (Lipinski definition) is 4. The van der Waals surface area contributed by atoms with Crippen LogP contribution in [0, 0.1) is 0 Å². The molecule has 1 aromatic rings. The van der Waals surface area contributed by atoms with Gasteiger partial charge >= 0.3 is 11.9 Å². The first-order valence-corrected chi connectivity index (χ1v) is 4.03. The van der Waals surface area contributed by atoms with E-state index in [-0.39, 0.29) is 6.04 Å². The third-order valence-corrected chi connectivity index (χ3v) is 1.65. The van der Waals surface area contributed by atoms with E-state index in [4.69, 9.17) is 0 Å². The lowest BCUT2D eigenvalue weighted by Gasteiger charge is -2.09. The SMILES string of the molecule is COC(=O)C(=O)NC(C)c1ncc[nH]1. The Bertz CT molecular complexity index is 321. The van der Waals surface area contributed by atoms with Gasteiger partial charge in [-0.1, -0.05) is 0 Å². The molecule has 0 radical (unpaired) electrons. The number of rotatable bonds is 2. The molecule has 1 rings (SSSR count). The Morgan fingerprint density at radius 2 is 2.36 bits per heavy atom. The van der Waals surface area contributed by atoms with Gasteiger partial charge in [-0.25, -0.2) is 9.78 Å². The van der Waals surface area contributed by atoms with E-state index in [9.17, 15) is 9.59 Å². The van der Waals surface area contributed by atoms with Crippen LogP contribution in [0.5, 0.6) is 0 Å². The van der Waals surface area contributed by atoms with Gasteiger partial charge in [0.05, 0.1) is 13.2 Å². The molecule has 6 heteroatoms. The summed E-state index contributed by atoms with van der Waals surface area (Å²) < 4.78 is 4.25. The number of amides is 1. The molecule has 1 amide bonds. The first kappa shape index (κ1) is 10.2. The normalized spacial score (nSPS) is 11.9. The molecule has 0 aromatic carbocycles. The van der Waals surface area contributed by atoms with Crippen LogP contribution in [0.2, 0.25) is 0 Å². The summed E-state index contributed by atoms with van der Waals surface area (Å²) >= 11 is 0. The Morgan fingerprint density at radius 3 is 2.86 bits per heavy atom. The van der Waals surface area contributed by atoms with Crippen LogP contribution in [0.15, 0.2) is 12.4 Å². The zero-order chi connectivity index (χ0) is 10.6. The molecule has 6 nitrogen and oxygen atoms in total. The average Bonchev–Trinajstić information content (AvgIpc) is 2.69. The molecular formula is C8H11N3O3. The first-order valence-electron chi connectivity index (χ1n) is 4.03. The third-order valence-electron chi connectivity index (χ3n) is 1.65. The Hall–Kier alpha value is -1.85. The van der Waals surface area contributed by atoms with Crippen LogP contribution >= 0.6 is 0 Å². The lowest BCUT2D eigenvalue weighted by atomic mass is 10.3. The number of methoxy groups -OCH3 is 1. The van der Waals surface area contributed by atoms with Gasteiger partial charge in [0.1, 0.15) is 5.82 Å². The van der Waals surface area contributed by atoms with Gasteiger partial charge in [0.2, 0.25) is 0 Å². The van der Waals surface area contributed by atoms with Gasteiger partial charge < -0.3 is 15.0 Å². The number of aromatic amines is 1. The van der Waals surface area contributed by atoms with E-state index >= 15 is 0 Å². The standard InChI is InChI=1S/C8H11N3O3/c1-5(6-9-3-4-10-6)11-7(12)8(13)14-2/h3-5H,1-2H3,(H,9,10)(H,11,12). The predicted octanol–water partition coefficient (Wildman–Crippen LogP) is -0.240. The number of nitrogens with one attached hydrogen (secondary N) is 2. The molecule has 76 valence electrons. The second-order valence-corrected chi connectivity index (χ2v) is 2.66. The van der Waals surface area contributed by atoms with Crippen LogP contribution in [0.1, 0.15) is 18.8 Å². The van der Waals surface area contributed by atoms with Crippen molar-refractivity contribution in [3.05, 3.63) is 18.2 Å². The molecule has 1 aromatic heterocycles. The molecule has 14 heavy (non-hydrogen) atoms. The molecule has 1 heterocycles. The van der Waals surface area contributed by atoms with Gasteiger partial charge in [-0.15, -0.1) is 0 Å². The fraction of sp³-hybridized carbons (Fsp3) is 0.375. The fourth-order valence-corrected chi connectivity index (χ4v) is 0.931. The van der Waals surface area contributed by atoms with Crippen molar-refractivity contribution in [1.29, 1.82) is 0 Å². The Balaban J connectivity index is 2.53. The van der Waals surface area contributed by atoms with Crippen LogP contribution in [0.3, 0.4) is 0 Å². The zero-order valence-corrected chi connectivity index (χ0v) is 7.90. The smallest absolute Gasteiger partial charge is 0.396 e. The van der Waals surface area contributed by atoms with Crippen LogP contribution in [0.25, 0.3) is 0 Å². The molecule has 0 spiro atoms. The summed E-state index contributed by atoms with van der Waals surface area (Å²) in [7, 11) is 1.15. The molecule has 2 N–H and O–H groups in total. The number of carbonyl (C=O) groups is 2. The minimum Gasteiger partial charge on any atom is -0.462 e. The van der Waals surface area contributed by atoms with E-state index in [0.717, 1.165) is 7.11 Å². The summed E-state index contributed by atoms with van der Waals surface area (Å²) in [6.07, 6.45) is 3.20. The van der Waals surface area contributed by atoms with Crippen molar-refractivity contribution in [2.24, 2.45) is 0 Å². The van der Waals surface area contributed by atoms with Gasteiger partial charge in [0, 0.05) is 12.4 Å². The number of aromatic nitrogens is 2. The molecule has 0 bridgehead atoms. The van der Waals surface area contributed by atoms with E-state index in [1.807, 2.05) is 0 Å². The van der Waals surface area contributed by atoms with E-state index in [2.05, 4.69) is 20.0 Å². The lowest BCUT2D eigenvalue weighted by Crippen LogP contribution is -2.34. The minimum absolute atomic E-state index is 0.350. The number of ether oxygens (including phenoxy) is 1. The zero-order valence-electron chi connectivity index (χ0n) is 7.90. The monoisotopic (exact) mass is 197 g/mol. The van der Waals surface area contributed by atoms with Crippen molar-refractivity contribution in [1.82, 2.24) is 15.3 Å². The minimum atomic E-state index is -0.914. The summed E-state index contributed by atoms with van der Waals surface area (Å²) in [5.74, 6) is -1.11. The van der Waals surface area contributed by atoms with Gasteiger partial charge in [-0.05, 0) is 6.92 Å². The van der Waals surface area contributed by atoms with Crippen LogP contribution < -0.4 is 5.32 Å². The number of nitrogens with zero attached hydrogens (tertiary/aromatic N) is 1. The van der Waals surface area contributed by atoms with Gasteiger partial charge in [0.15, 0.2) is 0 Å². The highest BCUT2D eigenvalue weighted by atomic mass is 16.5. The quantitative estimate of drug-likeness (QED) is 0.506. The molecule has 0 fully saturated rings. The Labute approximate surface area is 80.7 Å². The fourth-order valence-electron chi connectivity index (χ4n) is 0.931. The summed E-state index contributed by atoms with van der Waals surface area (Å²) in [6.45, 7) is 1.71. The van der Waals surface area contributed by atoms with Gasteiger partial charge in [0.25, 0.3) is 0 Å². The highest BCUT2D eigenvalue weighted by Crippen LogP contribution is 2.04. The van der Waals surface area contributed by atoms with Crippen molar-refractivity contribution < 1.29 is 14.3 Å². The van der Waals surface area contributed by atoms with Crippen molar-refractivity contribution in [2.45, 2.75) is 13.0 Å². The lowest BCUT2D eigenvalue weighted by molar-refractivity contribution is -0.153. The average molecular weight is 197 g/mol. The van der Waals surface area contributed by atoms with E-state index in [1.54, 1.807) is 19.3 Å². The molecule has 1 atom stereocenters. The van der Waals surface area contributed by atoms with E-state index < -0.39 is 11.9 Å². The topological polar surface area (TPSA) is 84.1 Å². The molecule has 0 aliphatic carbocycles. The molecule has 0 saturated carbocycles. The first-order chi connectivity index (χ1) is 6.65. The highest BCUT2D eigenvalue weighted by molar-refractivity contribution is 6.32. The number of H-pyrrole nitrogens is 1. The number of esters is 1. The van der Waals surface area contributed by atoms with Gasteiger partial charge in [-0.3, -0.25) is 4.79 Å². The molecule has 0 saturated heterocycles. The molecule has 0 aliphatic rings. The maximum absolute atomic E-state index is 11.1. The predicted molar refractivity (Wildman–Crippen MR) is 47.2 cm³/mol. The highest BCUT2D eigenvalue weighted by Gasteiger charge is 2.17. The van der Waals surface area contributed by atoms with E-state index in [1.165, 1.54) is 0 Å². The summed E-state index contributed by atoms with van der Waals surface area (Å²) in [4.78, 5) is 28.6. The number of imidazole rings is 1. The maximum atomic E-state index is 11.1. The molecule has 1 unspecified atom stereocenters. The third kappa shape index (κ3) is 2.32. The second kappa shape index (κ2) is 4.40. The largest absolute Gasteiger partial charge is 0.462 e. The van der Waals surface area contributed by atoms with E-state index in [0.29, 0.717) is 5.82 Å². The van der Waals surface area contributed by atoms with Crippen molar-refractivity contribution in [2.75, 3.05) is 7.11 Å². The number of hydrogen-bond donors (Lipinski definition) is 2. The van der Waals surface area contributed by atoms with Crippen LogP contribution in [-0.2, 0) is 14.3 Å². The van der Waals surface area contributed by atoms with Crippen LogP contribution in [-0.4, -0.2) is 29.0 Å². The number of carbonyl (C=O) groups excluding carboxylic acids is 2.